The van der Waals surface area contributed by atoms with E-state index in [4.69, 9.17) is 24.9 Å². The number of hydrogen-bond donors (Lipinski definition) is 3. The number of unbranched alkanes of at least 4 members (excludes halogenated alkanes) is 2. The second-order valence-electron chi connectivity index (χ2n) is 3.73. The summed E-state index contributed by atoms with van der Waals surface area (Å²) in [7, 11) is 0. The van der Waals surface area contributed by atoms with Crippen LogP contribution in [0.5, 0.6) is 0 Å². The quantitative estimate of drug-likeness (QED) is 0.486. The maximum absolute atomic E-state index is 9.00. The molecule has 0 saturated carbocycles. The third kappa shape index (κ3) is 58.5. The lowest BCUT2D eigenvalue weighted by atomic mass is 10.3. The first-order chi connectivity index (χ1) is 8.42. The summed E-state index contributed by atoms with van der Waals surface area (Å²) in [6, 6.07) is 0. The molecule has 0 aliphatic carbocycles. The zero-order chi connectivity index (χ0) is 14.8. The third-order valence-corrected chi connectivity index (χ3v) is 1.65. The maximum Gasteiger partial charge on any atom is 0.300 e. The van der Waals surface area contributed by atoms with Gasteiger partial charge in [-0.05, 0) is 19.3 Å². The van der Waals surface area contributed by atoms with Gasteiger partial charge in [0.25, 0.3) is 5.97 Å². The summed E-state index contributed by atoms with van der Waals surface area (Å²) in [6.07, 6.45) is 4.21. The van der Waals surface area contributed by atoms with E-state index in [9.17, 15) is 0 Å². The molecule has 0 aromatic rings. The number of carbonyl (C=O) groups is 1. The first-order valence-corrected chi connectivity index (χ1v) is 6.55. The Balaban J connectivity index is -0.000000212. The monoisotopic (exact) mass is 266 g/mol. The fourth-order valence-electron chi connectivity index (χ4n) is 0.595. The summed E-state index contributed by atoms with van der Waals surface area (Å²) in [4.78, 5) is 9.00. The average molecular weight is 266 g/mol. The van der Waals surface area contributed by atoms with Crippen LogP contribution in [0.3, 0.4) is 0 Å². The largest absolute Gasteiger partial charge is 0.481 e. The van der Waals surface area contributed by atoms with Crippen molar-refractivity contribution < 1.29 is 24.9 Å². The predicted octanol–water partition coefficient (Wildman–Crippen LogP) is 2.40. The van der Waals surface area contributed by atoms with Gasteiger partial charge in [-0.2, -0.15) is 0 Å². The van der Waals surface area contributed by atoms with Gasteiger partial charge in [-0.25, -0.2) is 0 Å². The van der Waals surface area contributed by atoms with Crippen molar-refractivity contribution in [2.75, 3.05) is 13.2 Å². The van der Waals surface area contributed by atoms with E-state index in [1.54, 1.807) is 6.92 Å². The van der Waals surface area contributed by atoms with E-state index in [0.717, 1.165) is 20.1 Å². The van der Waals surface area contributed by atoms with Crippen molar-refractivity contribution in [2.45, 2.75) is 66.1 Å². The second-order valence-corrected chi connectivity index (χ2v) is 3.73. The molecule has 5 heteroatoms. The van der Waals surface area contributed by atoms with Gasteiger partial charge in [0.15, 0.2) is 6.29 Å². The Morgan fingerprint density at radius 3 is 1.50 bits per heavy atom. The van der Waals surface area contributed by atoms with Crippen LogP contribution >= 0.6 is 0 Å². The van der Waals surface area contributed by atoms with Crippen molar-refractivity contribution in [3.05, 3.63) is 0 Å². The van der Waals surface area contributed by atoms with E-state index < -0.39 is 12.3 Å². The van der Waals surface area contributed by atoms with Gasteiger partial charge < -0.3 is 20.1 Å². The summed E-state index contributed by atoms with van der Waals surface area (Å²) in [5.74, 6) is -0.833. The summed E-state index contributed by atoms with van der Waals surface area (Å²) in [6.45, 7) is 9.06. The molecule has 0 amide bonds. The molecule has 0 aromatic carbocycles. The molecule has 5 nitrogen and oxygen atoms in total. The summed E-state index contributed by atoms with van der Waals surface area (Å²) in [5.41, 5.74) is 0. The zero-order valence-electron chi connectivity index (χ0n) is 12.2. The molecule has 0 aliphatic heterocycles. The van der Waals surface area contributed by atoms with Crippen molar-refractivity contribution in [1.29, 1.82) is 0 Å². The van der Waals surface area contributed by atoms with Crippen molar-refractivity contribution in [3.63, 3.8) is 0 Å². The van der Waals surface area contributed by atoms with Gasteiger partial charge in [-0.15, -0.1) is 0 Å². The summed E-state index contributed by atoms with van der Waals surface area (Å²) < 4.78 is 5.31. The fourth-order valence-corrected chi connectivity index (χ4v) is 0.595. The van der Waals surface area contributed by atoms with Crippen molar-refractivity contribution in [3.8, 4) is 0 Å². The number of aliphatic hydroxyl groups is 2. The van der Waals surface area contributed by atoms with Crippen LogP contribution in [0.15, 0.2) is 0 Å². The van der Waals surface area contributed by atoms with Gasteiger partial charge in [0.2, 0.25) is 0 Å². The molecule has 0 spiro atoms. The molecule has 0 fully saturated rings. The van der Waals surface area contributed by atoms with Crippen LogP contribution in [-0.4, -0.2) is 40.8 Å². The molecular weight excluding hydrogens is 236 g/mol. The number of carboxylic acids is 1. The van der Waals surface area contributed by atoms with Crippen LogP contribution in [0.25, 0.3) is 0 Å². The Labute approximate surface area is 111 Å². The molecule has 18 heavy (non-hydrogen) atoms. The van der Waals surface area contributed by atoms with Gasteiger partial charge in [0.1, 0.15) is 0 Å². The lowest BCUT2D eigenvalue weighted by Gasteiger charge is -1.99. The van der Waals surface area contributed by atoms with Crippen molar-refractivity contribution in [1.82, 2.24) is 0 Å². The van der Waals surface area contributed by atoms with Gasteiger partial charge in [-0.3, -0.25) is 4.79 Å². The Bertz CT molecular complexity index is 138. The van der Waals surface area contributed by atoms with E-state index in [2.05, 4.69) is 13.8 Å². The van der Waals surface area contributed by atoms with Crippen molar-refractivity contribution in [2.24, 2.45) is 0 Å². The van der Waals surface area contributed by atoms with Crippen LogP contribution in [-0.2, 0) is 9.53 Å². The van der Waals surface area contributed by atoms with E-state index in [1.165, 1.54) is 25.7 Å². The molecule has 0 radical (unpaired) electrons. The summed E-state index contributed by atoms with van der Waals surface area (Å²) >= 11 is 0. The highest BCUT2D eigenvalue weighted by Gasteiger charge is 1.84. The molecule has 0 aliphatic rings. The molecule has 0 unspecified atom stereocenters. The lowest BCUT2D eigenvalue weighted by molar-refractivity contribution is -0.134. The fraction of sp³-hybridized carbons (Fsp3) is 0.923. The zero-order valence-corrected chi connectivity index (χ0v) is 12.2. The molecule has 0 heterocycles. The smallest absolute Gasteiger partial charge is 0.300 e. The van der Waals surface area contributed by atoms with E-state index >= 15 is 0 Å². The maximum atomic E-state index is 9.00. The Morgan fingerprint density at radius 2 is 1.33 bits per heavy atom. The highest BCUT2D eigenvalue weighted by Crippen LogP contribution is 1.91. The molecule has 112 valence electrons. The first-order valence-electron chi connectivity index (χ1n) is 6.55. The lowest BCUT2D eigenvalue weighted by Crippen LogP contribution is -1.99. The van der Waals surface area contributed by atoms with E-state index in [0.29, 0.717) is 6.42 Å². The number of ether oxygens (including phenoxy) is 1. The van der Waals surface area contributed by atoms with Crippen LogP contribution in [0.2, 0.25) is 0 Å². The third-order valence-electron chi connectivity index (χ3n) is 1.65. The highest BCUT2D eigenvalue weighted by atomic mass is 16.5. The average Bonchev–Trinajstić information content (AvgIpc) is 2.29. The molecule has 0 rings (SSSR count). The molecule has 0 atom stereocenters. The highest BCUT2D eigenvalue weighted by molar-refractivity contribution is 5.62. The van der Waals surface area contributed by atoms with Crippen molar-refractivity contribution >= 4 is 5.97 Å². The molecule has 0 bridgehead atoms. The predicted molar refractivity (Wildman–Crippen MR) is 72.5 cm³/mol. The van der Waals surface area contributed by atoms with Gasteiger partial charge >= 0.3 is 0 Å². The SMILES string of the molecule is CC(=O)O.CCC(O)O.CCCCOCCCC. The number of rotatable bonds is 7. The topological polar surface area (TPSA) is 87.0 Å². The molecular formula is C13H30O5. The van der Waals surface area contributed by atoms with E-state index in [-0.39, 0.29) is 0 Å². The standard InChI is InChI=1S/C8H18O.C3H8O2.C2H4O2/c1-3-5-7-9-8-6-4-2;1-2-3(4)5;1-2(3)4/h3-8H2,1-2H3;3-5H,2H2,1H3;1H3,(H,3,4). The number of aliphatic hydroxyl groups excluding tert-OH is 1. The van der Waals surface area contributed by atoms with Crippen LogP contribution in [0.4, 0.5) is 0 Å². The Hall–Kier alpha value is -0.650. The number of aliphatic carboxylic acids is 1. The van der Waals surface area contributed by atoms with Crippen LogP contribution < -0.4 is 0 Å². The van der Waals surface area contributed by atoms with E-state index in [1.807, 2.05) is 0 Å². The first kappa shape index (κ1) is 22.5. The molecule has 3 N–H and O–H groups in total. The minimum Gasteiger partial charge on any atom is -0.481 e. The minimum atomic E-state index is -1.12. The van der Waals surface area contributed by atoms with Crippen LogP contribution in [0.1, 0.15) is 59.8 Å². The Kier molecular flexibility index (Phi) is 27.0. The van der Waals surface area contributed by atoms with Gasteiger partial charge in [-0.1, -0.05) is 33.6 Å². The normalized spacial score (nSPS) is 9.06. The van der Waals surface area contributed by atoms with Gasteiger partial charge in [0.05, 0.1) is 0 Å². The molecule has 0 saturated heterocycles. The van der Waals surface area contributed by atoms with Crippen LogP contribution in [0, 0.1) is 0 Å². The number of carboxylic acid groups (broad SMARTS) is 1. The van der Waals surface area contributed by atoms with Gasteiger partial charge in [0, 0.05) is 20.1 Å². The summed E-state index contributed by atoms with van der Waals surface area (Å²) in [5, 5.41) is 23.2. The Morgan fingerprint density at radius 1 is 1.06 bits per heavy atom. The minimum absolute atomic E-state index is 0.417. The number of hydrogen-bond acceptors (Lipinski definition) is 4. The second kappa shape index (κ2) is 21.6. The molecule has 0 aromatic heterocycles.